The highest BCUT2D eigenvalue weighted by molar-refractivity contribution is 5.18. The lowest BCUT2D eigenvalue weighted by Crippen LogP contribution is -2.01. The molecule has 1 fully saturated rings. The molecule has 1 aromatic rings. The lowest BCUT2D eigenvalue weighted by atomic mass is 10.3. The maximum absolute atomic E-state index is 8.63. The summed E-state index contributed by atoms with van der Waals surface area (Å²) in [5, 5.41) is 8.63. The summed E-state index contributed by atoms with van der Waals surface area (Å²) < 4.78 is 0. The fourth-order valence-electron chi connectivity index (χ4n) is 0.789. The van der Waals surface area contributed by atoms with Crippen LogP contribution in [0, 0.1) is 0 Å². The van der Waals surface area contributed by atoms with E-state index < -0.39 is 0 Å². The average molecular weight is 167 g/mol. The smallest absolute Gasteiger partial charge is 0.115 e. The summed E-state index contributed by atoms with van der Waals surface area (Å²) in [5.74, 6) is 0.322. The molecule has 0 amide bonds. The second-order valence-electron chi connectivity index (χ2n) is 2.43. The monoisotopic (exact) mass is 167 g/mol. The van der Waals surface area contributed by atoms with Crippen LogP contribution in [0.25, 0.3) is 0 Å². The van der Waals surface area contributed by atoms with E-state index in [2.05, 4.69) is 5.48 Å². The molecule has 0 aliphatic carbocycles. The minimum Gasteiger partial charge on any atom is -0.508 e. The molecular formula is C9H13NO2. The van der Waals surface area contributed by atoms with Gasteiger partial charge in [0.2, 0.25) is 0 Å². The van der Waals surface area contributed by atoms with Crippen LogP contribution in [0.3, 0.4) is 0 Å². The molecule has 1 heterocycles. The molecule has 66 valence electrons. The van der Waals surface area contributed by atoms with E-state index in [1.165, 1.54) is 6.42 Å². The van der Waals surface area contributed by atoms with E-state index in [1.54, 1.807) is 24.3 Å². The number of nitrogens with one attached hydrogen (secondary N) is 1. The summed E-state index contributed by atoms with van der Waals surface area (Å²) in [7, 11) is 0. The van der Waals surface area contributed by atoms with Crippen molar-refractivity contribution in [1.82, 2.24) is 5.48 Å². The Morgan fingerprint density at radius 3 is 2.25 bits per heavy atom. The number of hydrogen-bond donors (Lipinski definition) is 2. The van der Waals surface area contributed by atoms with Gasteiger partial charge >= 0.3 is 0 Å². The summed E-state index contributed by atoms with van der Waals surface area (Å²) in [6.45, 7) is 1.92. The van der Waals surface area contributed by atoms with Crippen molar-refractivity contribution >= 4 is 0 Å². The van der Waals surface area contributed by atoms with Crippen LogP contribution in [0.2, 0.25) is 0 Å². The number of para-hydroxylation sites is 1. The van der Waals surface area contributed by atoms with Gasteiger partial charge in [-0.25, -0.2) is 5.48 Å². The van der Waals surface area contributed by atoms with E-state index >= 15 is 0 Å². The van der Waals surface area contributed by atoms with Gasteiger partial charge in [0.1, 0.15) is 5.75 Å². The zero-order chi connectivity index (χ0) is 8.65. The number of aromatic hydroxyl groups is 1. The Labute approximate surface area is 71.9 Å². The van der Waals surface area contributed by atoms with Gasteiger partial charge in [0, 0.05) is 6.54 Å². The Morgan fingerprint density at radius 1 is 1.25 bits per heavy atom. The van der Waals surface area contributed by atoms with E-state index in [4.69, 9.17) is 9.94 Å². The van der Waals surface area contributed by atoms with E-state index in [9.17, 15) is 0 Å². The molecule has 0 spiro atoms. The molecular weight excluding hydrogens is 154 g/mol. The van der Waals surface area contributed by atoms with Gasteiger partial charge in [0.15, 0.2) is 0 Å². The van der Waals surface area contributed by atoms with E-state index in [0.717, 1.165) is 13.2 Å². The number of hydrogen-bond acceptors (Lipinski definition) is 3. The first kappa shape index (κ1) is 9.03. The first-order chi connectivity index (χ1) is 5.89. The van der Waals surface area contributed by atoms with Crippen LogP contribution >= 0.6 is 0 Å². The maximum Gasteiger partial charge on any atom is 0.115 e. The molecule has 1 aromatic carbocycles. The van der Waals surface area contributed by atoms with Crippen LogP contribution < -0.4 is 5.48 Å². The van der Waals surface area contributed by atoms with Crippen LogP contribution in [0.15, 0.2) is 30.3 Å². The summed E-state index contributed by atoms with van der Waals surface area (Å²) >= 11 is 0. The lowest BCUT2D eigenvalue weighted by molar-refractivity contribution is 0.103. The first-order valence-corrected chi connectivity index (χ1v) is 3.98. The van der Waals surface area contributed by atoms with E-state index in [1.807, 2.05) is 6.07 Å². The van der Waals surface area contributed by atoms with Gasteiger partial charge in [-0.2, -0.15) is 0 Å². The van der Waals surface area contributed by atoms with Crippen LogP contribution in [-0.4, -0.2) is 18.3 Å². The van der Waals surface area contributed by atoms with Crippen LogP contribution in [0.4, 0.5) is 0 Å². The van der Waals surface area contributed by atoms with Gasteiger partial charge < -0.3 is 9.94 Å². The van der Waals surface area contributed by atoms with Crippen molar-refractivity contribution in [2.45, 2.75) is 6.42 Å². The molecule has 1 aliphatic rings. The zero-order valence-electron chi connectivity index (χ0n) is 6.86. The Morgan fingerprint density at radius 2 is 2.00 bits per heavy atom. The predicted octanol–water partition coefficient (Wildman–Crippen LogP) is 1.30. The number of phenolic OH excluding ortho intramolecular Hbond substituents is 1. The molecule has 0 bridgehead atoms. The maximum atomic E-state index is 8.63. The highest BCUT2D eigenvalue weighted by Gasteiger charge is 1.93. The summed E-state index contributed by atoms with van der Waals surface area (Å²) in [4.78, 5) is 4.69. The van der Waals surface area contributed by atoms with Crippen molar-refractivity contribution in [3.05, 3.63) is 30.3 Å². The molecule has 0 aromatic heterocycles. The molecule has 12 heavy (non-hydrogen) atoms. The zero-order valence-corrected chi connectivity index (χ0v) is 6.86. The standard InChI is InChI=1S/C6H6O.C3H7NO/c7-6-4-2-1-3-5-6;1-2-4-5-3-1/h1-5,7H;4H,1-3H2. The Hall–Kier alpha value is -1.06. The Balaban J connectivity index is 0.000000127. The van der Waals surface area contributed by atoms with Gasteiger partial charge in [0.05, 0.1) is 6.61 Å². The first-order valence-electron chi connectivity index (χ1n) is 3.98. The third-order valence-corrected chi connectivity index (χ3v) is 1.38. The van der Waals surface area contributed by atoms with Crippen LogP contribution in [0.5, 0.6) is 5.75 Å². The summed E-state index contributed by atoms with van der Waals surface area (Å²) in [6.07, 6.45) is 1.17. The highest BCUT2D eigenvalue weighted by Crippen LogP contribution is 2.02. The van der Waals surface area contributed by atoms with Gasteiger partial charge in [-0.3, -0.25) is 0 Å². The Kier molecular flexibility index (Phi) is 4.19. The number of benzene rings is 1. The predicted molar refractivity (Wildman–Crippen MR) is 46.7 cm³/mol. The minimum absolute atomic E-state index is 0.322. The molecule has 0 radical (unpaired) electrons. The largest absolute Gasteiger partial charge is 0.508 e. The molecule has 2 N–H and O–H groups in total. The van der Waals surface area contributed by atoms with Crippen molar-refractivity contribution in [2.75, 3.05) is 13.2 Å². The third kappa shape index (κ3) is 3.95. The second kappa shape index (κ2) is 5.57. The summed E-state index contributed by atoms with van der Waals surface area (Å²) in [5.41, 5.74) is 2.72. The molecule has 0 atom stereocenters. The fraction of sp³-hybridized carbons (Fsp3) is 0.333. The quantitative estimate of drug-likeness (QED) is 0.612. The lowest BCUT2D eigenvalue weighted by Gasteiger charge is -1.82. The van der Waals surface area contributed by atoms with Gasteiger partial charge in [-0.1, -0.05) is 18.2 Å². The fourth-order valence-corrected chi connectivity index (χ4v) is 0.789. The highest BCUT2D eigenvalue weighted by atomic mass is 16.6. The third-order valence-electron chi connectivity index (χ3n) is 1.38. The topological polar surface area (TPSA) is 41.5 Å². The van der Waals surface area contributed by atoms with E-state index in [-0.39, 0.29) is 0 Å². The van der Waals surface area contributed by atoms with Crippen molar-refractivity contribution < 1.29 is 9.94 Å². The minimum atomic E-state index is 0.322. The number of hydroxylamine groups is 1. The summed E-state index contributed by atoms with van der Waals surface area (Å²) in [6, 6.07) is 8.71. The number of rotatable bonds is 0. The molecule has 0 unspecified atom stereocenters. The van der Waals surface area contributed by atoms with Crippen molar-refractivity contribution in [3.63, 3.8) is 0 Å². The SMILES string of the molecule is C1CNOC1.Oc1ccccc1. The van der Waals surface area contributed by atoms with E-state index in [0.29, 0.717) is 5.75 Å². The molecule has 1 aliphatic heterocycles. The van der Waals surface area contributed by atoms with Crippen molar-refractivity contribution in [2.24, 2.45) is 0 Å². The van der Waals surface area contributed by atoms with Crippen molar-refractivity contribution in [3.8, 4) is 5.75 Å². The molecule has 2 rings (SSSR count). The number of phenols is 1. The van der Waals surface area contributed by atoms with Gasteiger partial charge in [-0.05, 0) is 18.6 Å². The average Bonchev–Trinajstić information content (AvgIpc) is 2.62. The van der Waals surface area contributed by atoms with Crippen LogP contribution in [0.1, 0.15) is 6.42 Å². The van der Waals surface area contributed by atoms with Gasteiger partial charge in [-0.15, -0.1) is 0 Å². The molecule has 3 nitrogen and oxygen atoms in total. The molecule has 3 heteroatoms. The second-order valence-corrected chi connectivity index (χ2v) is 2.43. The van der Waals surface area contributed by atoms with Crippen molar-refractivity contribution in [1.29, 1.82) is 0 Å². The molecule has 1 saturated heterocycles. The molecule has 0 saturated carbocycles. The van der Waals surface area contributed by atoms with Crippen LogP contribution in [-0.2, 0) is 4.84 Å². The Bertz CT molecular complexity index is 189. The normalized spacial score (nSPS) is 15.0. The van der Waals surface area contributed by atoms with Gasteiger partial charge in [0.25, 0.3) is 0 Å².